The minimum atomic E-state index is -0.205. The maximum atomic E-state index is 12.8. The van der Waals surface area contributed by atoms with Crippen LogP contribution in [0.5, 0.6) is 17.2 Å². The third-order valence-electron chi connectivity index (χ3n) is 7.50. The van der Waals surface area contributed by atoms with Crippen LogP contribution < -0.4 is 20.1 Å². The Bertz CT molecular complexity index is 1660. The molecular weight excluding hydrogens is 548 g/mol. The lowest BCUT2D eigenvalue weighted by Gasteiger charge is -2.22. The van der Waals surface area contributed by atoms with Gasteiger partial charge in [-0.15, -0.1) is 11.3 Å². The first-order chi connectivity index (χ1) is 20.6. The fourth-order valence-electron chi connectivity index (χ4n) is 5.21. The Balaban J connectivity index is 1.26. The van der Waals surface area contributed by atoms with Crippen LogP contribution in [0.1, 0.15) is 59.8 Å². The summed E-state index contributed by atoms with van der Waals surface area (Å²) in [4.78, 5) is 22.9. The van der Waals surface area contributed by atoms with Crippen LogP contribution >= 0.6 is 11.3 Å². The molecule has 10 heteroatoms. The molecular formula is C32H34N6O3S. The highest BCUT2D eigenvalue weighted by molar-refractivity contribution is 7.15. The lowest BCUT2D eigenvalue weighted by atomic mass is 9.95. The van der Waals surface area contributed by atoms with Gasteiger partial charge in [0.25, 0.3) is 5.91 Å². The fourth-order valence-corrected chi connectivity index (χ4v) is 5.96. The second-order valence-corrected chi connectivity index (χ2v) is 11.5. The van der Waals surface area contributed by atoms with E-state index in [0.717, 1.165) is 52.3 Å². The molecule has 1 amide bonds. The number of nitrogens with zero attached hydrogens (tertiary/aromatic N) is 4. The number of pyridine rings is 1. The number of hydrogen-bond donors (Lipinski definition) is 2. The standard InChI is InChI=1S/C32H34N6O3S/c1-3-26-19-34-32(42-26)36-31(39)22-11-15-25(16-12-22)41-27-17-18-33-30-28(27)29(35-23-7-5-4-6-8-23)37-38(30)20-21-9-13-24(40-2)14-10-21/h9-19,23H,3-8,20H2,1-2H3,(H,35,37)(H,34,36,39). The second-order valence-electron chi connectivity index (χ2n) is 10.4. The van der Waals surface area contributed by atoms with Gasteiger partial charge in [-0.1, -0.05) is 38.3 Å². The van der Waals surface area contributed by atoms with E-state index < -0.39 is 0 Å². The van der Waals surface area contributed by atoms with E-state index in [9.17, 15) is 4.79 Å². The minimum Gasteiger partial charge on any atom is -0.497 e. The average Bonchev–Trinajstić information content (AvgIpc) is 3.63. The van der Waals surface area contributed by atoms with Crippen molar-refractivity contribution < 1.29 is 14.3 Å². The smallest absolute Gasteiger partial charge is 0.257 e. The van der Waals surface area contributed by atoms with Crippen LogP contribution in [0.2, 0.25) is 0 Å². The van der Waals surface area contributed by atoms with E-state index >= 15 is 0 Å². The SMILES string of the molecule is CCc1cnc(NC(=O)c2ccc(Oc3ccnc4c3c(NC3CCCCC3)nn4Cc3ccc(OC)cc3)cc2)s1. The number of fused-ring (bicyclic) bond motifs is 1. The summed E-state index contributed by atoms with van der Waals surface area (Å²) >= 11 is 1.49. The Morgan fingerprint density at radius 3 is 2.48 bits per heavy atom. The third-order valence-corrected chi connectivity index (χ3v) is 8.56. The number of anilines is 2. The average molecular weight is 583 g/mol. The summed E-state index contributed by atoms with van der Waals surface area (Å²) in [6, 6.07) is 17.3. The zero-order valence-corrected chi connectivity index (χ0v) is 24.6. The molecule has 1 saturated carbocycles. The molecule has 9 nitrogen and oxygen atoms in total. The van der Waals surface area contributed by atoms with Gasteiger partial charge in [-0.25, -0.2) is 14.6 Å². The van der Waals surface area contributed by atoms with Gasteiger partial charge in [-0.2, -0.15) is 5.10 Å². The Labute approximate surface area is 248 Å². The summed E-state index contributed by atoms with van der Waals surface area (Å²) in [6.45, 7) is 2.63. The van der Waals surface area contributed by atoms with E-state index in [2.05, 4.69) is 22.5 Å². The number of ether oxygens (including phenoxy) is 2. The Morgan fingerprint density at radius 1 is 1.00 bits per heavy atom. The molecule has 3 heterocycles. The molecule has 0 saturated heterocycles. The highest BCUT2D eigenvalue weighted by Gasteiger charge is 2.21. The topological polar surface area (TPSA) is 103 Å². The van der Waals surface area contributed by atoms with Gasteiger partial charge in [-0.05, 0) is 61.2 Å². The van der Waals surface area contributed by atoms with E-state index in [-0.39, 0.29) is 5.91 Å². The molecule has 0 aliphatic heterocycles. The number of hydrogen-bond acceptors (Lipinski definition) is 8. The molecule has 3 aromatic heterocycles. The van der Waals surface area contributed by atoms with E-state index in [1.807, 2.05) is 35.0 Å². The van der Waals surface area contributed by atoms with Gasteiger partial charge < -0.3 is 14.8 Å². The van der Waals surface area contributed by atoms with Gasteiger partial charge >= 0.3 is 0 Å². The summed E-state index contributed by atoms with van der Waals surface area (Å²) in [6.07, 6.45) is 10.4. The molecule has 1 fully saturated rings. The zero-order valence-electron chi connectivity index (χ0n) is 23.8. The molecule has 1 aliphatic carbocycles. The highest BCUT2D eigenvalue weighted by atomic mass is 32.1. The van der Waals surface area contributed by atoms with Crippen molar-refractivity contribution in [1.29, 1.82) is 0 Å². The van der Waals surface area contributed by atoms with Crippen molar-refractivity contribution in [3.8, 4) is 17.2 Å². The third kappa shape index (κ3) is 6.23. The molecule has 5 aromatic rings. The van der Waals surface area contributed by atoms with Crippen LogP contribution in [-0.4, -0.2) is 38.8 Å². The maximum Gasteiger partial charge on any atom is 0.257 e. The molecule has 216 valence electrons. The Kier molecular flexibility index (Phi) is 8.32. The molecule has 0 radical (unpaired) electrons. The quantitative estimate of drug-likeness (QED) is 0.178. The number of carbonyl (C=O) groups is 1. The molecule has 42 heavy (non-hydrogen) atoms. The summed E-state index contributed by atoms with van der Waals surface area (Å²) in [5.41, 5.74) is 2.37. The number of amides is 1. The summed E-state index contributed by atoms with van der Waals surface area (Å²) in [5, 5.41) is 13.0. The van der Waals surface area contributed by atoms with Crippen molar-refractivity contribution >= 4 is 39.2 Å². The molecule has 2 N–H and O–H groups in total. The van der Waals surface area contributed by atoms with Gasteiger partial charge in [0.05, 0.1) is 13.7 Å². The first-order valence-electron chi connectivity index (χ1n) is 14.4. The number of aryl methyl sites for hydroxylation is 1. The molecule has 0 spiro atoms. The van der Waals surface area contributed by atoms with Gasteiger partial charge in [0.2, 0.25) is 0 Å². The van der Waals surface area contributed by atoms with Gasteiger partial charge in [0, 0.05) is 34.9 Å². The molecule has 0 unspecified atom stereocenters. The van der Waals surface area contributed by atoms with Gasteiger partial charge in [0.1, 0.15) is 22.6 Å². The van der Waals surface area contributed by atoms with Crippen LogP contribution in [-0.2, 0) is 13.0 Å². The molecule has 1 aliphatic rings. The number of nitrogens with one attached hydrogen (secondary N) is 2. The Hall–Kier alpha value is -4.44. The van der Waals surface area contributed by atoms with Crippen LogP contribution in [0.3, 0.4) is 0 Å². The van der Waals surface area contributed by atoms with E-state index in [4.69, 9.17) is 19.6 Å². The molecule has 6 rings (SSSR count). The predicted molar refractivity (Wildman–Crippen MR) is 166 cm³/mol. The number of rotatable bonds is 10. The maximum absolute atomic E-state index is 12.8. The number of methoxy groups -OCH3 is 1. The van der Waals surface area contributed by atoms with Crippen LogP contribution in [0.25, 0.3) is 11.0 Å². The van der Waals surface area contributed by atoms with Crippen molar-refractivity contribution in [3.63, 3.8) is 0 Å². The van der Waals surface area contributed by atoms with Crippen molar-refractivity contribution in [2.75, 3.05) is 17.7 Å². The van der Waals surface area contributed by atoms with E-state index in [1.54, 1.807) is 43.8 Å². The van der Waals surface area contributed by atoms with Gasteiger partial charge in [-0.3, -0.25) is 10.1 Å². The van der Waals surface area contributed by atoms with Crippen molar-refractivity contribution in [3.05, 3.63) is 83.0 Å². The number of aromatic nitrogens is 4. The van der Waals surface area contributed by atoms with Crippen molar-refractivity contribution in [2.24, 2.45) is 0 Å². The highest BCUT2D eigenvalue weighted by Crippen LogP contribution is 2.36. The molecule has 2 aromatic carbocycles. The number of thiazole rings is 1. The van der Waals surface area contributed by atoms with Crippen LogP contribution in [0.15, 0.2) is 67.0 Å². The monoisotopic (exact) mass is 582 g/mol. The minimum absolute atomic E-state index is 0.205. The lowest BCUT2D eigenvalue weighted by Crippen LogP contribution is -2.22. The fraction of sp³-hybridized carbons (Fsp3) is 0.312. The molecule has 0 atom stereocenters. The van der Waals surface area contributed by atoms with Crippen molar-refractivity contribution in [2.45, 2.75) is 58.0 Å². The summed E-state index contributed by atoms with van der Waals surface area (Å²) < 4.78 is 13.6. The Morgan fingerprint density at radius 2 is 1.76 bits per heavy atom. The summed E-state index contributed by atoms with van der Waals surface area (Å²) in [7, 11) is 1.66. The predicted octanol–water partition coefficient (Wildman–Crippen LogP) is 7.30. The van der Waals surface area contributed by atoms with Crippen LogP contribution in [0.4, 0.5) is 10.9 Å². The summed E-state index contributed by atoms with van der Waals surface area (Å²) in [5.74, 6) is 2.66. The molecule has 0 bridgehead atoms. The number of carbonyl (C=O) groups excluding carboxylic acids is 1. The largest absolute Gasteiger partial charge is 0.497 e. The van der Waals surface area contributed by atoms with Crippen molar-refractivity contribution in [1.82, 2.24) is 19.7 Å². The normalized spacial score (nSPS) is 13.7. The van der Waals surface area contributed by atoms with E-state index in [0.29, 0.717) is 34.8 Å². The van der Waals surface area contributed by atoms with Crippen LogP contribution in [0, 0.1) is 0 Å². The van der Waals surface area contributed by atoms with E-state index in [1.165, 1.54) is 30.6 Å². The lowest BCUT2D eigenvalue weighted by molar-refractivity contribution is 0.102. The first-order valence-corrected chi connectivity index (χ1v) is 15.2. The van der Waals surface area contributed by atoms with Gasteiger partial charge in [0.15, 0.2) is 16.6 Å². The second kappa shape index (κ2) is 12.6. The first kappa shape index (κ1) is 27.7. The number of benzene rings is 2. The zero-order chi connectivity index (χ0) is 28.9.